The minimum atomic E-state index is -0.163. The Morgan fingerprint density at radius 2 is 2.14 bits per heavy atom. The lowest BCUT2D eigenvalue weighted by molar-refractivity contribution is 0.0935. The molecular weight excluding hydrogens is 286 g/mol. The fourth-order valence-corrected chi connectivity index (χ4v) is 2.47. The van der Waals surface area contributed by atoms with Crippen molar-refractivity contribution in [1.82, 2.24) is 25.3 Å². The van der Waals surface area contributed by atoms with Gasteiger partial charge >= 0.3 is 0 Å². The summed E-state index contributed by atoms with van der Waals surface area (Å²) in [7, 11) is 0. The third kappa shape index (κ3) is 2.97. The summed E-state index contributed by atoms with van der Waals surface area (Å²) < 4.78 is 1.68. The lowest BCUT2D eigenvalue weighted by atomic mass is 10.1. The quantitative estimate of drug-likeness (QED) is 0.801. The molecule has 1 amide bonds. The van der Waals surface area contributed by atoms with E-state index in [2.05, 4.69) is 20.6 Å². The summed E-state index contributed by atoms with van der Waals surface area (Å²) in [5, 5.41) is 12.4. The summed E-state index contributed by atoms with van der Waals surface area (Å²) in [6, 6.07) is 7.71. The monoisotopic (exact) mass is 299 g/mol. The van der Waals surface area contributed by atoms with Crippen molar-refractivity contribution >= 4 is 17.2 Å². The highest BCUT2D eigenvalue weighted by Crippen LogP contribution is 2.16. The lowest BCUT2D eigenvalue weighted by Crippen LogP contribution is -2.26. The molecule has 106 valence electrons. The van der Waals surface area contributed by atoms with Crippen molar-refractivity contribution in [1.29, 1.82) is 0 Å². The van der Waals surface area contributed by atoms with Crippen molar-refractivity contribution in [2.24, 2.45) is 0 Å². The molecule has 1 atom stereocenters. The van der Waals surface area contributed by atoms with Crippen LogP contribution < -0.4 is 5.32 Å². The Balaban J connectivity index is 1.70. The molecule has 0 saturated carbocycles. The topological polar surface area (TPSA) is 72.7 Å². The van der Waals surface area contributed by atoms with E-state index in [1.165, 1.54) is 11.3 Å². The van der Waals surface area contributed by atoms with Crippen molar-refractivity contribution in [3.8, 4) is 5.69 Å². The Kier molecular flexibility index (Phi) is 3.74. The zero-order valence-corrected chi connectivity index (χ0v) is 12.1. The Bertz CT molecular complexity index is 706. The van der Waals surface area contributed by atoms with Crippen LogP contribution in [0.1, 0.15) is 29.0 Å². The highest BCUT2D eigenvalue weighted by atomic mass is 32.1. The molecule has 0 radical (unpaired) electrons. The van der Waals surface area contributed by atoms with E-state index in [9.17, 15) is 4.79 Å². The van der Waals surface area contributed by atoms with E-state index in [4.69, 9.17) is 0 Å². The molecule has 0 spiro atoms. The summed E-state index contributed by atoms with van der Waals surface area (Å²) in [5.74, 6) is -0.163. The molecule has 0 bridgehead atoms. The Morgan fingerprint density at radius 1 is 1.33 bits per heavy atom. The van der Waals surface area contributed by atoms with E-state index in [0.717, 1.165) is 11.3 Å². The maximum absolute atomic E-state index is 12.0. The van der Waals surface area contributed by atoms with E-state index in [0.29, 0.717) is 5.69 Å². The largest absolute Gasteiger partial charge is 0.344 e. The second-order valence-corrected chi connectivity index (χ2v) is 5.23. The number of rotatable bonds is 4. The number of benzene rings is 1. The average Bonchev–Trinajstić information content (AvgIpc) is 3.20. The molecule has 7 heteroatoms. The maximum Gasteiger partial charge on any atom is 0.271 e. The number of aromatic nitrogens is 4. The summed E-state index contributed by atoms with van der Waals surface area (Å²) in [4.78, 5) is 16.0. The number of amides is 1. The van der Waals surface area contributed by atoms with Gasteiger partial charge in [-0.3, -0.25) is 4.79 Å². The molecule has 1 N–H and O–H groups in total. The fraction of sp³-hybridized carbons (Fsp3) is 0.143. The second-order valence-electron chi connectivity index (χ2n) is 4.51. The minimum Gasteiger partial charge on any atom is -0.344 e. The van der Waals surface area contributed by atoms with Gasteiger partial charge in [0.2, 0.25) is 0 Å². The maximum atomic E-state index is 12.0. The van der Waals surface area contributed by atoms with Crippen LogP contribution in [-0.2, 0) is 0 Å². The first kappa shape index (κ1) is 13.4. The van der Waals surface area contributed by atoms with Crippen molar-refractivity contribution in [2.45, 2.75) is 13.0 Å². The van der Waals surface area contributed by atoms with Gasteiger partial charge in [0.1, 0.15) is 5.69 Å². The van der Waals surface area contributed by atoms with Crippen LogP contribution in [0.5, 0.6) is 0 Å². The van der Waals surface area contributed by atoms with Crippen LogP contribution in [0.15, 0.2) is 47.5 Å². The van der Waals surface area contributed by atoms with Gasteiger partial charge in [-0.2, -0.15) is 0 Å². The molecule has 3 aromatic rings. The van der Waals surface area contributed by atoms with Crippen molar-refractivity contribution in [3.63, 3.8) is 0 Å². The third-order valence-corrected chi connectivity index (χ3v) is 3.68. The summed E-state index contributed by atoms with van der Waals surface area (Å²) in [6.07, 6.45) is 3.41. The zero-order chi connectivity index (χ0) is 14.7. The normalized spacial score (nSPS) is 12.0. The second kappa shape index (κ2) is 5.84. The molecule has 0 unspecified atom stereocenters. The molecule has 3 rings (SSSR count). The molecule has 0 fully saturated rings. The Morgan fingerprint density at radius 3 is 2.76 bits per heavy atom. The van der Waals surface area contributed by atoms with E-state index < -0.39 is 0 Å². The lowest BCUT2D eigenvalue weighted by Gasteiger charge is -2.14. The molecule has 0 aliphatic heterocycles. The molecule has 1 aromatic carbocycles. The molecule has 6 nitrogen and oxygen atoms in total. The van der Waals surface area contributed by atoms with Gasteiger partial charge in [-0.15, -0.1) is 16.4 Å². The fourth-order valence-electron chi connectivity index (χ4n) is 1.94. The molecule has 2 aromatic heterocycles. The Hall–Kier alpha value is -2.54. The highest BCUT2D eigenvalue weighted by Gasteiger charge is 2.12. The van der Waals surface area contributed by atoms with Crippen molar-refractivity contribution in [3.05, 3.63) is 58.8 Å². The van der Waals surface area contributed by atoms with E-state index in [-0.39, 0.29) is 11.9 Å². The molecular formula is C14H13N5OS. The number of carbonyl (C=O) groups is 1. The number of carbonyl (C=O) groups excluding carboxylic acids is 1. The van der Waals surface area contributed by atoms with Gasteiger partial charge in [-0.25, -0.2) is 9.67 Å². The first-order valence-corrected chi connectivity index (χ1v) is 7.34. The van der Waals surface area contributed by atoms with E-state index >= 15 is 0 Å². The Labute approximate surface area is 125 Å². The summed E-state index contributed by atoms with van der Waals surface area (Å²) in [6.45, 7) is 1.94. The number of hydrogen-bond acceptors (Lipinski definition) is 5. The van der Waals surface area contributed by atoms with Crippen LogP contribution in [0.2, 0.25) is 0 Å². The third-order valence-electron chi connectivity index (χ3n) is 3.09. The summed E-state index contributed by atoms with van der Waals surface area (Å²) in [5.41, 5.74) is 4.04. The summed E-state index contributed by atoms with van der Waals surface area (Å²) >= 11 is 1.40. The SMILES string of the molecule is C[C@@H](NC(=O)c1cscn1)c1ccc(-n2ccnn2)cc1. The standard InChI is InChI=1S/C14H13N5OS/c1-10(17-14(20)13-8-21-9-15-13)11-2-4-12(5-3-11)19-7-6-16-18-19/h2-10H,1H3,(H,17,20)/t10-/m1/s1. The predicted molar refractivity (Wildman–Crippen MR) is 79.4 cm³/mol. The smallest absolute Gasteiger partial charge is 0.271 e. The van der Waals surface area contributed by atoms with Crippen LogP contribution in [0, 0.1) is 0 Å². The first-order valence-electron chi connectivity index (χ1n) is 6.40. The van der Waals surface area contributed by atoms with Gasteiger partial charge in [-0.1, -0.05) is 17.3 Å². The molecule has 0 aliphatic rings. The van der Waals surface area contributed by atoms with Gasteiger partial charge in [0, 0.05) is 5.38 Å². The van der Waals surface area contributed by atoms with Gasteiger partial charge in [0.25, 0.3) is 5.91 Å². The van der Waals surface area contributed by atoms with Crippen LogP contribution in [0.25, 0.3) is 5.69 Å². The van der Waals surface area contributed by atoms with E-state index in [1.54, 1.807) is 28.0 Å². The van der Waals surface area contributed by atoms with Crippen LogP contribution in [0.3, 0.4) is 0 Å². The molecule has 0 saturated heterocycles. The number of thiazole rings is 1. The predicted octanol–water partition coefficient (Wildman–Crippen LogP) is 2.21. The number of nitrogens with zero attached hydrogens (tertiary/aromatic N) is 4. The number of nitrogens with one attached hydrogen (secondary N) is 1. The molecule has 21 heavy (non-hydrogen) atoms. The van der Waals surface area contributed by atoms with Crippen LogP contribution >= 0.6 is 11.3 Å². The zero-order valence-electron chi connectivity index (χ0n) is 11.3. The molecule has 2 heterocycles. The minimum absolute atomic E-state index is 0.0935. The van der Waals surface area contributed by atoms with E-state index in [1.807, 2.05) is 31.2 Å². The van der Waals surface area contributed by atoms with Crippen molar-refractivity contribution in [2.75, 3.05) is 0 Å². The van der Waals surface area contributed by atoms with Crippen LogP contribution in [0.4, 0.5) is 0 Å². The number of hydrogen-bond donors (Lipinski definition) is 1. The van der Waals surface area contributed by atoms with Gasteiger partial charge < -0.3 is 5.32 Å². The van der Waals surface area contributed by atoms with Gasteiger partial charge in [0.15, 0.2) is 0 Å². The van der Waals surface area contributed by atoms with Crippen molar-refractivity contribution < 1.29 is 4.79 Å². The van der Waals surface area contributed by atoms with Crippen LogP contribution in [-0.4, -0.2) is 25.9 Å². The van der Waals surface area contributed by atoms with Gasteiger partial charge in [0.05, 0.1) is 29.6 Å². The highest BCUT2D eigenvalue weighted by molar-refractivity contribution is 7.07. The van der Waals surface area contributed by atoms with Gasteiger partial charge in [-0.05, 0) is 24.6 Å². The average molecular weight is 299 g/mol. The first-order chi connectivity index (χ1) is 10.2. The molecule has 0 aliphatic carbocycles.